The van der Waals surface area contributed by atoms with Crippen molar-refractivity contribution in [2.24, 2.45) is 0 Å². The van der Waals surface area contributed by atoms with Crippen molar-refractivity contribution in [3.05, 3.63) is 53.6 Å². The molecule has 0 fully saturated rings. The van der Waals surface area contributed by atoms with Crippen molar-refractivity contribution in [3.8, 4) is 0 Å². The van der Waals surface area contributed by atoms with E-state index in [1.54, 1.807) is 16.8 Å². The van der Waals surface area contributed by atoms with E-state index in [9.17, 15) is 22.8 Å². The van der Waals surface area contributed by atoms with E-state index < -0.39 is 29.7 Å². The van der Waals surface area contributed by atoms with E-state index >= 15 is 0 Å². The lowest BCUT2D eigenvalue weighted by molar-refractivity contribution is -0.137. The number of hydrogen-bond acceptors (Lipinski definition) is 5. The molecular formula is C19H17F3N4O3. The van der Waals surface area contributed by atoms with Crippen molar-refractivity contribution in [2.45, 2.75) is 32.7 Å². The van der Waals surface area contributed by atoms with E-state index in [-0.39, 0.29) is 11.3 Å². The third-order valence-electron chi connectivity index (χ3n) is 4.18. The SMILES string of the molecule is CCn1nnc2cc(C(=O)O[C@@H](C)C(=O)Nc3ccc(C(F)(F)F)cc3)ccc21. The number of carbonyl (C=O) groups excluding carboxylic acids is 2. The summed E-state index contributed by atoms with van der Waals surface area (Å²) >= 11 is 0. The zero-order chi connectivity index (χ0) is 21.2. The Morgan fingerprint density at radius 1 is 1.17 bits per heavy atom. The van der Waals surface area contributed by atoms with E-state index in [0.717, 1.165) is 29.8 Å². The van der Waals surface area contributed by atoms with Crippen LogP contribution in [0.3, 0.4) is 0 Å². The van der Waals surface area contributed by atoms with Gasteiger partial charge in [0.15, 0.2) is 6.10 Å². The number of carbonyl (C=O) groups is 2. The van der Waals surface area contributed by atoms with Gasteiger partial charge in [0.1, 0.15) is 5.52 Å². The number of hydrogen-bond donors (Lipinski definition) is 1. The molecular weight excluding hydrogens is 389 g/mol. The molecule has 1 aromatic heterocycles. The van der Waals surface area contributed by atoms with Crippen molar-refractivity contribution in [1.82, 2.24) is 15.0 Å². The minimum absolute atomic E-state index is 0.156. The molecule has 152 valence electrons. The molecule has 2 aromatic carbocycles. The molecule has 1 atom stereocenters. The van der Waals surface area contributed by atoms with Crippen molar-refractivity contribution in [1.29, 1.82) is 0 Å². The molecule has 1 amide bonds. The Morgan fingerprint density at radius 3 is 2.48 bits per heavy atom. The van der Waals surface area contributed by atoms with Crippen LogP contribution < -0.4 is 5.32 Å². The fourth-order valence-corrected chi connectivity index (χ4v) is 2.60. The van der Waals surface area contributed by atoms with Crippen LogP contribution in [0.1, 0.15) is 29.8 Å². The van der Waals surface area contributed by atoms with Gasteiger partial charge in [0.2, 0.25) is 0 Å². The minimum Gasteiger partial charge on any atom is -0.449 e. The number of amides is 1. The molecule has 0 spiro atoms. The summed E-state index contributed by atoms with van der Waals surface area (Å²) in [5.41, 5.74) is 0.809. The summed E-state index contributed by atoms with van der Waals surface area (Å²) in [4.78, 5) is 24.5. The topological polar surface area (TPSA) is 86.1 Å². The maximum atomic E-state index is 12.6. The number of benzene rings is 2. The number of rotatable bonds is 5. The quantitative estimate of drug-likeness (QED) is 0.654. The molecule has 10 heteroatoms. The summed E-state index contributed by atoms with van der Waals surface area (Å²) < 4.78 is 44.6. The van der Waals surface area contributed by atoms with Crippen LogP contribution in [-0.4, -0.2) is 33.0 Å². The third-order valence-corrected chi connectivity index (χ3v) is 4.18. The zero-order valence-corrected chi connectivity index (χ0v) is 15.5. The number of nitrogens with one attached hydrogen (secondary N) is 1. The number of ether oxygens (including phenoxy) is 1. The van der Waals surface area contributed by atoms with Crippen molar-refractivity contribution in [2.75, 3.05) is 5.32 Å². The molecule has 0 bridgehead atoms. The molecule has 0 unspecified atom stereocenters. The van der Waals surface area contributed by atoms with Crippen molar-refractivity contribution >= 4 is 28.6 Å². The van der Waals surface area contributed by atoms with Gasteiger partial charge in [-0.05, 0) is 56.3 Å². The Kier molecular flexibility index (Phi) is 5.53. The lowest BCUT2D eigenvalue weighted by atomic mass is 10.2. The Balaban J connectivity index is 1.63. The van der Waals surface area contributed by atoms with Crippen LogP contribution in [0.5, 0.6) is 0 Å². The zero-order valence-electron chi connectivity index (χ0n) is 15.5. The average Bonchev–Trinajstić information content (AvgIpc) is 3.09. The largest absolute Gasteiger partial charge is 0.449 e. The number of halogens is 3. The number of nitrogens with zero attached hydrogens (tertiary/aromatic N) is 3. The van der Waals surface area contributed by atoms with Gasteiger partial charge in [0.05, 0.1) is 16.6 Å². The standard InChI is InChI=1S/C19H17F3N4O3/c1-3-26-16-9-4-12(10-15(16)24-25-26)18(28)29-11(2)17(27)23-14-7-5-13(6-8-14)19(20,21)22/h4-11H,3H2,1-2H3,(H,23,27)/t11-/m0/s1. The maximum Gasteiger partial charge on any atom is 0.416 e. The first-order valence-corrected chi connectivity index (χ1v) is 8.71. The molecule has 3 rings (SSSR count). The summed E-state index contributed by atoms with van der Waals surface area (Å²) in [6.45, 7) is 3.90. The van der Waals surface area contributed by atoms with Gasteiger partial charge in [-0.25, -0.2) is 9.48 Å². The van der Waals surface area contributed by atoms with Crippen LogP contribution >= 0.6 is 0 Å². The lowest BCUT2D eigenvalue weighted by Crippen LogP contribution is -2.30. The first-order valence-electron chi connectivity index (χ1n) is 8.71. The fourth-order valence-electron chi connectivity index (χ4n) is 2.60. The minimum atomic E-state index is -4.46. The second-order valence-corrected chi connectivity index (χ2v) is 6.22. The van der Waals surface area contributed by atoms with E-state index in [1.165, 1.54) is 13.0 Å². The van der Waals surface area contributed by atoms with Crippen LogP contribution in [0.25, 0.3) is 11.0 Å². The second-order valence-electron chi connectivity index (χ2n) is 6.22. The smallest absolute Gasteiger partial charge is 0.416 e. The monoisotopic (exact) mass is 406 g/mol. The van der Waals surface area contributed by atoms with Crippen molar-refractivity contribution in [3.63, 3.8) is 0 Å². The summed E-state index contributed by atoms with van der Waals surface area (Å²) in [7, 11) is 0. The van der Waals surface area contributed by atoms with E-state index in [0.29, 0.717) is 12.1 Å². The van der Waals surface area contributed by atoms with Gasteiger partial charge >= 0.3 is 12.1 Å². The van der Waals surface area contributed by atoms with Crippen LogP contribution in [-0.2, 0) is 22.3 Å². The number of aryl methyl sites for hydroxylation is 1. The van der Waals surface area contributed by atoms with Gasteiger partial charge in [-0.3, -0.25) is 4.79 Å². The average molecular weight is 406 g/mol. The van der Waals surface area contributed by atoms with Gasteiger partial charge in [-0.1, -0.05) is 5.21 Å². The molecule has 0 aliphatic rings. The molecule has 1 N–H and O–H groups in total. The summed E-state index contributed by atoms with van der Waals surface area (Å²) in [5.74, 6) is -1.40. The number of anilines is 1. The van der Waals surface area contributed by atoms with E-state index in [1.807, 2.05) is 6.92 Å². The van der Waals surface area contributed by atoms with Crippen LogP contribution in [0.15, 0.2) is 42.5 Å². The molecule has 7 nitrogen and oxygen atoms in total. The van der Waals surface area contributed by atoms with E-state index in [2.05, 4.69) is 15.6 Å². The van der Waals surface area contributed by atoms with Crippen molar-refractivity contribution < 1.29 is 27.5 Å². The number of aromatic nitrogens is 3. The summed E-state index contributed by atoms with van der Waals surface area (Å²) in [6, 6.07) is 8.69. The molecule has 0 saturated carbocycles. The highest BCUT2D eigenvalue weighted by molar-refractivity contribution is 5.98. The Bertz CT molecular complexity index is 1050. The number of esters is 1. The second kappa shape index (κ2) is 7.90. The Labute approximate surface area is 163 Å². The predicted octanol–water partition coefficient (Wildman–Crippen LogP) is 3.65. The highest BCUT2D eigenvalue weighted by Crippen LogP contribution is 2.29. The molecule has 0 saturated heterocycles. The van der Waals surface area contributed by atoms with Crippen LogP contribution in [0.2, 0.25) is 0 Å². The summed E-state index contributed by atoms with van der Waals surface area (Å²) in [6.07, 6.45) is -5.62. The van der Waals surface area contributed by atoms with Gasteiger partial charge in [0.25, 0.3) is 5.91 Å². The van der Waals surface area contributed by atoms with Gasteiger partial charge in [-0.2, -0.15) is 13.2 Å². The highest BCUT2D eigenvalue weighted by atomic mass is 19.4. The van der Waals surface area contributed by atoms with Crippen LogP contribution in [0, 0.1) is 0 Å². The molecule has 1 heterocycles. The van der Waals surface area contributed by atoms with Gasteiger partial charge in [-0.15, -0.1) is 5.10 Å². The van der Waals surface area contributed by atoms with Gasteiger partial charge in [0, 0.05) is 12.2 Å². The molecule has 29 heavy (non-hydrogen) atoms. The number of fused-ring (bicyclic) bond motifs is 1. The lowest BCUT2D eigenvalue weighted by Gasteiger charge is -2.14. The molecule has 3 aromatic rings. The van der Waals surface area contributed by atoms with Gasteiger partial charge < -0.3 is 10.1 Å². The first-order chi connectivity index (χ1) is 13.7. The highest BCUT2D eigenvalue weighted by Gasteiger charge is 2.30. The normalized spacial score (nSPS) is 12.6. The molecule has 0 aliphatic carbocycles. The first kappa shape index (κ1) is 20.3. The fraction of sp³-hybridized carbons (Fsp3) is 0.263. The third kappa shape index (κ3) is 4.53. The molecule has 0 aliphatic heterocycles. The Hall–Kier alpha value is -3.43. The summed E-state index contributed by atoms with van der Waals surface area (Å²) in [5, 5.41) is 10.3. The maximum absolute atomic E-state index is 12.6. The van der Waals surface area contributed by atoms with E-state index in [4.69, 9.17) is 4.74 Å². The molecule has 0 radical (unpaired) electrons. The Morgan fingerprint density at radius 2 is 1.86 bits per heavy atom. The van der Waals surface area contributed by atoms with Crippen LogP contribution in [0.4, 0.5) is 18.9 Å². The predicted molar refractivity (Wildman–Crippen MR) is 98.2 cm³/mol. The number of alkyl halides is 3.